The maximum atomic E-state index is 13.1. The Bertz CT molecular complexity index is 800. The van der Waals surface area contributed by atoms with E-state index in [1.807, 2.05) is 30.3 Å². The van der Waals surface area contributed by atoms with Crippen LogP contribution in [0.1, 0.15) is 35.6 Å². The Labute approximate surface area is 167 Å². The number of amides is 1. The van der Waals surface area contributed by atoms with Gasteiger partial charge in [-0.2, -0.15) is 13.2 Å². The summed E-state index contributed by atoms with van der Waals surface area (Å²) in [4.78, 5) is 12.8. The molecule has 2 atom stereocenters. The molecule has 2 aromatic rings. The summed E-state index contributed by atoms with van der Waals surface area (Å²) < 4.78 is 45.1. The van der Waals surface area contributed by atoms with Gasteiger partial charge in [-0.05, 0) is 42.2 Å². The molecule has 8 heteroatoms. The fraction of sp³-hybridized carbons (Fsp3) is 0.350. The van der Waals surface area contributed by atoms with Gasteiger partial charge in [0.2, 0.25) is 5.91 Å². The lowest BCUT2D eigenvalue weighted by Crippen LogP contribution is -2.33. The van der Waals surface area contributed by atoms with Crippen LogP contribution < -0.4 is 11.1 Å². The highest BCUT2D eigenvalue weighted by molar-refractivity contribution is 5.93. The van der Waals surface area contributed by atoms with E-state index in [-0.39, 0.29) is 30.5 Å². The average Bonchev–Trinajstić information content (AvgIpc) is 2.67. The Hall–Kier alpha value is -2.09. The molecule has 1 amide bonds. The van der Waals surface area contributed by atoms with E-state index in [4.69, 9.17) is 10.5 Å². The number of alkyl halides is 3. The number of hydrogen-bond acceptors (Lipinski definition) is 3. The van der Waals surface area contributed by atoms with Crippen LogP contribution in [0.5, 0.6) is 0 Å². The molecule has 0 aliphatic carbocycles. The van der Waals surface area contributed by atoms with Crippen molar-refractivity contribution in [2.75, 3.05) is 11.9 Å². The van der Waals surface area contributed by atoms with Crippen molar-refractivity contribution in [3.63, 3.8) is 0 Å². The number of hydrogen-bond donors (Lipinski definition) is 2. The van der Waals surface area contributed by atoms with Gasteiger partial charge in [0.05, 0.1) is 17.6 Å². The zero-order valence-corrected chi connectivity index (χ0v) is 15.9. The smallest absolute Gasteiger partial charge is 0.373 e. The maximum Gasteiger partial charge on any atom is 0.416 e. The van der Waals surface area contributed by atoms with E-state index in [0.717, 1.165) is 24.1 Å². The fourth-order valence-corrected chi connectivity index (χ4v) is 3.30. The maximum absolute atomic E-state index is 13.1. The molecule has 1 heterocycles. The van der Waals surface area contributed by atoms with Crippen LogP contribution in [0, 0.1) is 5.92 Å². The molecule has 0 aromatic heterocycles. The summed E-state index contributed by atoms with van der Waals surface area (Å²) in [5.74, 6) is -0.831. The van der Waals surface area contributed by atoms with E-state index in [9.17, 15) is 18.0 Å². The summed E-state index contributed by atoms with van der Waals surface area (Å²) in [6, 6.07) is 12.8. The van der Waals surface area contributed by atoms with E-state index in [0.29, 0.717) is 18.6 Å². The molecule has 1 saturated heterocycles. The monoisotopic (exact) mass is 414 g/mol. The highest BCUT2D eigenvalue weighted by Crippen LogP contribution is 2.35. The molecule has 28 heavy (non-hydrogen) atoms. The van der Waals surface area contributed by atoms with Crippen molar-refractivity contribution >= 4 is 24.0 Å². The molecule has 2 unspecified atom stereocenters. The zero-order chi connectivity index (χ0) is 19.4. The number of anilines is 1. The second-order valence-corrected chi connectivity index (χ2v) is 6.56. The third-order valence-corrected chi connectivity index (χ3v) is 4.61. The van der Waals surface area contributed by atoms with Crippen LogP contribution in [0.15, 0.2) is 48.5 Å². The molecule has 1 aliphatic heterocycles. The first-order valence-corrected chi connectivity index (χ1v) is 8.77. The molecule has 1 aliphatic rings. The van der Waals surface area contributed by atoms with Crippen LogP contribution in [0.3, 0.4) is 0 Å². The first-order chi connectivity index (χ1) is 12.9. The minimum atomic E-state index is -4.51. The summed E-state index contributed by atoms with van der Waals surface area (Å²) in [5, 5.41) is 2.62. The van der Waals surface area contributed by atoms with Crippen molar-refractivity contribution in [3.8, 4) is 0 Å². The number of ether oxygens (including phenoxy) is 1. The summed E-state index contributed by atoms with van der Waals surface area (Å²) in [7, 11) is 0. The van der Waals surface area contributed by atoms with Gasteiger partial charge in [0.25, 0.3) is 0 Å². The van der Waals surface area contributed by atoms with Gasteiger partial charge in [-0.3, -0.25) is 4.79 Å². The molecule has 152 valence electrons. The lowest BCUT2D eigenvalue weighted by atomic mass is 9.88. The highest BCUT2D eigenvalue weighted by atomic mass is 35.5. The van der Waals surface area contributed by atoms with Gasteiger partial charge in [-0.1, -0.05) is 30.3 Å². The lowest BCUT2D eigenvalue weighted by Gasteiger charge is -2.31. The molecule has 0 radical (unpaired) electrons. The Balaban J connectivity index is 0.00000280. The molecule has 4 nitrogen and oxygen atoms in total. The number of nitrogens with one attached hydrogen (secondary N) is 1. The van der Waals surface area contributed by atoms with Crippen molar-refractivity contribution < 1.29 is 22.7 Å². The predicted octanol–water partition coefficient (Wildman–Crippen LogP) is 4.69. The zero-order valence-electron chi connectivity index (χ0n) is 15.0. The Morgan fingerprint density at radius 1 is 1.18 bits per heavy atom. The summed E-state index contributed by atoms with van der Waals surface area (Å²) in [5.41, 5.74) is 5.94. The molecule has 0 saturated carbocycles. The van der Waals surface area contributed by atoms with E-state index in [2.05, 4.69) is 5.32 Å². The van der Waals surface area contributed by atoms with Gasteiger partial charge >= 0.3 is 6.18 Å². The van der Waals surface area contributed by atoms with Crippen molar-refractivity contribution in [2.24, 2.45) is 11.7 Å². The summed E-state index contributed by atoms with van der Waals surface area (Å²) >= 11 is 0. The third kappa shape index (κ3) is 5.25. The van der Waals surface area contributed by atoms with E-state index in [1.165, 1.54) is 6.07 Å². The molecule has 3 N–H and O–H groups in total. The topological polar surface area (TPSA) is 64.3 Å². The number of rotatable bonds is 4. The van der Waals surface area contributed by atoms with Crippen molar-refractivity contribution in [1.29, 1.82) is 0 Å². The first kappa shape index (κ1) is 22.2. The SMILES string of the molecule is Cl.NCc1cc(NC(=O)C2CCCOC2c2ccccc2)cc(C(F)(F)F)c1. The second-order valence-electron chi connectivity index (χ2n) is 6.56. The molecule has 2 aromatic carbocycles. The standard InChI is InChI=1S/C20H21F3N2O2.ClH/c21-20(22,23)15-9-13(12-24)10-16(11-15)25-19(26)17-7-4-8-27-18(17)14-5-2-1-3-6-14;/h1-3,5-6,9-11,17-18H,4,7-8,12,24H2,(H,25,26);1H. The van der Waals surface area contributed by atoms with Gasteiger partial charge in [0.1, 0.15) is 0 Å². The minimum Gasteiger partial charge on any atom is -0.373 e. The van der Waals surface area contributed by atoms with Crippen LogP contribution in [-0.4, -0.2) is 12.5 Å². The number of halogens is 4. The summed E-state index contributed by atoms with van der Waals surface area (Å²) in [6.07, 6.45) is -3.60. The van der Waals surface area contributed by atoms with Gasteiger partial charge < -0.3 is 15.8 Å². The largest absolute Gasteiger partial charge is 0.416 e. The third-order valence-electron chi connectivity index (χ3n) is 4.61. The van der Waals surface area contributed by atoms with Crippen LogP contribution in [-0.2, 0) is 22.3 Å². The number of benzene rings is 2. The molecular weight excluding hydrogens is 393 g/mol. The molecular formula is C20H22ClF3N2O2. The van der Waals surface area contributed by atoms with E-state index >= 15 is 0 Å². The molecule has 0 spiro atoms. The van der Waals surface area contributed by atoms with Crippen molar-refractivity contribution in [1.82, 2.24) is 0 Å². The predicted molar refractivity (Wildman–Crippen MR) is 103 cm³/mol. The van der Waals surface area contributed by atoms with Crippen molar-refractivity contribution in [2.45, 2.75) is 31.7 Å². The minimum absolute atomic E-state index is 0. The highest BCUT2D eigenvalue weighted by Gasteiger charge is 2.34. The van der Waals surface area contributed by atoms with Gasteiger partial charge in [0.15, 0.2) is 0 Å². The second kappa shape index (κ2) is 9.41. The van der Waals surface area contributed by atoms with Gasteiger partial charge in [0, 0.05) is 18.8 Å². The Morgan fingerprint density at radius 3 is 2.54 bits per heavy atom. The van der Waals surface area contributed by atoms with Crippen LogP contribution >= 0.6 is 12.4 Å². The quantitative estimate of drug-likeness (QED) is 0.762. The molecule has 3 rings (SSSR count). The summed E-state index contributed by atoms with van der Waals surface area (Å²) in [6.45, 7) is 0.496. The van der Waals surface area contributed by atoms with Gasteiger partial charge in [-0.15, -0.1) is 12.4 Å². The first-order valence-electron chi connectivity index (χ1n) is 8.77. The van der Waals surface area contributed by atoms with E-state index < -0.39 is 23.8 Å². The van der Waals surface area contributed by atoms with Crippen LogP contribution in [0.2, 0.25) is 0 Å². The molecule has 0 bridgehead atoms. The van der Waals surface area contributed by atoms with E-state index in [1.54, 1.807) is 0 Å². The molecule has 1 fully saturated rings. The number of nitrogens with two attached hydrogens (primary N) is 1. The Morgan fingerprint density at radius 2 is 1.89 bits per heavy atom. The van der Waals surface area contributed by atoms with Gasteiger partial charge in [-0.25, -0.2) is 0 Å². The Kier molecular flexibility index (Phi) is 7.46. The number of carbonyl (C=O) groups excluding carboxylic acids is 1. The number of carbonyl (C=O) groups is 1. The lowest BCUT2D eigenvalue weighted by molar-refractivity contribution is -0.137. The van der Waals surface area contributed by atoms with Crippen LogP contribution in [0.4, 0.5) is 18.9 Å². The fourth-order valence-electron chi connectivity index (χ4n) is 3.30. The van der Waals surface area contributed by atoms with Crippen molar-refractivity contribution in [3.05, 3.63) is 65.2 Å². The average molecular weight is 415 g/mol. The van der Waals surface area contributed by atoms with Crippen LogP contribution in [0.25, 0.3) is 0 Å². The normalized spacial score (nSPS) is 19.6.